The normalized spacial score (nSPS) is 10.7. The molecule has 262 valence electrons. The van der Waals surface area contributed by atoms with Gasteiger partial charge in [-0.1, -0.05) is 65.5 Å². The fourth-order valence-corrected chi connectivity index (χ4v) is 4.56. The molecule has 47 heavy (non-hydrogen) atoms. The maximum Gasteiger partial charge on any atom is 0.325 e. The number of nitrogens with zero attached hydrogens (tertiary/aromatic N) is 1. The van der Waals surface area contributed by atoms with Crippen LogP contribution in [0.5, 0.6) is 23.0 Å². The van der Waals surface area contributed by atoms with Crippen LogP contribution in [0.15, 0.2) is 36.4 Å². The Bertz CT molecular complexity index is 1220. The highest BCUT2D eigenvalue weighted by Gasteiger charge is 2.25. The van der Waals surface area contributed by atoms with Crippen LogP contribution in [-0.4, -0.2) is 75.9 Å². The number of hydrogen-bond acceptors (Lipinski definition) is 8. The Labute approximate surface area is 281 Å². The summed E-state index contributed by atoms with van der Waals surface area (Å²) in [4.78, 5) is 40.9. The topological polar surface area (TPSA) is 113 Å². The number of unbranched alkanes of at least 4 members (excludes halogenated alkanes) is 5. The van der Waals surface area contributed by atoms with E-state index >= 15 is 0 Å². The Kier molecular flexibility index (Phi) is 19.5. The van der Waals surface area contributed by atoms with Crippen molar-refractivity contribution in [2.24, 2.45) is 0 Å². The number of esters is 1. The van der Waals surface area contributed by atoms with Crippen molar-refractivity contribution in [1.82, 2.24) is 10.2 Å². The third-order valence-electron chi connectivity index (χ3n) is 7.41. The average molecular weight is 657 g/mol. The molecule has 2 aromatic rings. The highest BCUT2D eigenvalue weighted by molar-refractivity contribution is 5.99. The number of ether oxygens (including phenoxy) is 5. The van der Waals surface area contributed by atoms with Gasteiger partial charge in [0.15, 0.2) is 23.0 Å². The van der Waals surface area contributed by atoms with E-state index in [4.69, 9.17) is 23.7 Å². The number of hydrogen-bond donors (Lipinski definition) is 1. The lowest BCUT2D eigenvalue weighted by Gasteiger charge is -2.24. The molecule has 10 heteroatoms. The molecule has 0 unspecified atom stereocenters. The second kappa shape index (κ2) is 23.4. The zero-order valence-corrected chi connectivity index (χ0v) is 29.2. The number of para-hydroxylation sites is 2. The molecule has 2 aromatic carbocycles. The van der Waals surface area contributed by atoms with Crippen molar-refractivity contribution in [2.75, 3.05) is 53.2 Å². The molecule has 0 aromatic heterocycles. The van der Waals surface area contributed by atoms with Crippen molar-refractivity contribution in [1.29, 1.82) is 0 Å². The first-order valence-electron chi connectivity index (χ1n) is 17.3. The molecule has 0 saturated heterocycles. The third kappa shape index (κ3) is 13.7. The van der Waals surface area contributed by atoms with E-state index in [-0.39, 0.29) is 24.9 Å². The van der Waals surface area contributed by atoms with Gasteiger partial charge >= 0.3 is 5.97 Å². The summed E-state index contributed by atoms with van der Waals surface area (Å²) in [5.41, 5.74) is 0.762. The lowest BCUT2D eigenvalue weighted by Crippen LogP contribution is -2.37. The Morgan fingerprint density at radius 2 is 1.13 bits per heavy atom. The molecule has 10 nitrogen and oxygen atoms in total. The van der Waals surface area contributed by atoms with E-state index in [1.807, 2.05) is 6.07 Å². The Balaban J connectivity index is 2.12. The Hall–Kier alpha value is -3.95. The lowest BCUT2D eigenvalue weighted by atomic mass is 10.1. The van der Waals surface area contributed by atoms with E-state index in [0.29, 0.717) is 79.9 Å². The quantitative estimate of drug-likeness (QED) is 0.0880. The van der Waals surface area contributed by atoms with Crippen LogP contribution in [0.3, 0.4) is 0 Å². The highest BCUT2D eigenvalue weighted by Crippen LogP contribution is 2.34. The number of amides is 2. The summed E-state index contributed by atoms with van der Waals surface area (Å²) in [7, 11) is 1.30. The number of rotatable bonds is 25. The molecule has 0 atom stereocenters. The molecule has 0 aliphatic heterocycles. The average Bonchev–Trinajstić information content (AvgIpc) is 3.08. The van der Waals surface area contributed by atoms with Gasteiger partial charge in [0.2, 0.25) is 0 Å². The molecule has 0 radical (unpaired) electrons. The molecule has 0 bridgehead atoms. The van der Waals surface area contributed by atoms with Crippen LogP contribution < -0.4 is 24.3 Å². The van der Waals surface area contributed by atoms with Gasteiger partial charge < -0.3 is 33.9 Å². The largest absolute Gasteiger partial charge is 0.490 e. The number of nitrogens with one attached hydrogen (secondary N) is 1. The van der Waals surface area contributed by atoms with Gasteiger partial charge in [0.05, 0.1) is 44.7 Å². The lowest BCUT2D eigenvalue weighted by molar-refractivity contribution is -0.141. The number of methoxy groups -OCH3 is 1. The zero-order valence-electron chi connectivity index (χ0n) is 29.2. The summed E-state index contributed by atoms with van der Waals surface area (Å²) in [6.45, 7) is 10.8. The van der Waals surface area contributed by atoms with Gasteiger partial charge in [-0.25, -0.2) is 0 Å². The van der Waals surface area contributed by atoms with E-state index in [1.165, 1.54) is 12.0 Å². The molecular formula is C37H56N2O8. The van der Waals surface area contributed by atoms with Gasteiger partial charge in [0.1, 0.15) is 6.54 Å². The van der Waals surface area contributed by atoms with Crippen molar-refractivity contribution in [2.45, 2.75) is 91.9 Å². The van der Waals surface area contributed by atoms with E-state index in [9.17, 15) is 14.4 Å². The summed E-state index contributed by atoms with van der Waals surface area (Å²) < 4.78 is 28.9. The first-order valence-corrected chi connectivity index (χ1v) is 17.3. The SMILES string of the molecule is CCCCOc1cccc(C(=O)NCCCCN(CC(=O)OC)C(=O)c2cccc(OCCCC)c2OCCCC)c1OCCCC. The van der Waals surface area contributed by atoms with E-state index in [1.54, 1.807) is 30.3 Å². The monoisotopic (exact) mass is 656 g/mol. The summed E-state index contributed by atoms with van der Waals surface area (Å²) in [6.07, 6.45) is 8.50. The number of carbonyl (C=O) groups excluding carboxylic acids is 3. The van der Waals surface area contributed by atoms with Crippen molar-refractivity contribution in [3.8, 4) is 23.0 Å². The van der Waals surface area contributed by atoms with Gasteiger partial charge in [0, 0.05) is 13.1 Å². The molecule has 0 aliphatic carbocycles. The zero-order chi connectivity index (χ0) is 34.3. The van der Waals surface area contributed by atoms with Crippen molar-refractivity contribution < 1.29 is 38.1 Å². The van der Waals surface area contributed by atoms with Crippen LogP contribution in [0, 0.1) is 0 Å². The molecule has 0 spiro atoms. The van der Waals surface area contributed by atoms with Crippen LogP contribution in [0.1, 0.15) is 113 Å². The maximum atomic E-state index is 13.8. The smallest absolute Gasteiger partial charge is 0.325 e. The Morgan fingerprint density at radius 3 is 1.64 bits per heavy atom. The standard InChI is InChI=1S/C37H56N2O8/c1-6-10-24-44-31-20-16-18-29(34(31)46-26-12-8-3)36(41)38-22-14-15-23-39(28-33(40)43-5)37(42)30-19-17-21-32(45-25-11-7-2)35(30)47-27-13-9-4/h16-21H,6-15,22-28H2,1-5H3,(H,38,41). The van der Waals surface area contributed by atoms with Crippen LogP contribution in [-0.2, 0) is 9.53 Å². The van der Waals surface area contributed by atoms with Gasteiger partial charge in [-0.3, -0.25) is 14.4 Å². The van der Waals surface area contributed by atoms with Crippen molar-refractivity contribution >= 4 is 17.8 Å². The predicted octanol–water partition coefficient (Wildman–Crippen LogP) is 7.23. The second-order valence-corrected chi connectivity index (χ2v) is 11.3. The number of benzene rings is 2. The number of carbonyl (C=O) groups is 3. The first kappa shape index (κ1) is 39.2. The van der Waals surface area contributed by atoms with Crippen molar-refractivity contribution in [3.63, 3.8) is 0 Å². The van der Waals surface area contributed by atoms with E-state index in [0.717, 1.165) is 51.4 Å². The predicted molar refractivity (Wildman–Crippen MR) is 184 cm³/mol. The summed E-state index contributed by atoms with van der Waals surface area (Å²) >= 11 is 0. The van der Waals surface area contributed by atoms with Crippen LogP contribution in [0.25, 0.3) is 0 Å². The minimum atomic E-state index is -0.521. The van der Waals surface area contributed by atoms with Crippen LogP contribution >= 0.6 is 0 Å². The molecule has 2 amide bonds. The van der Waals surface area contributed by atoms with E-state index < -0.39 is 5.97 Å². The molecule has 0 aliphatic rings. The molecule has 1 N–H and O–H groups in total. The van der Waals surface area contributed by atoms with Gasteiger partial charge in [-0.05, 0) is 62.8 Å². The fourth-order valence-electron chi connectivity index (χ4n) is 4.56. The van der Waals surface area contributed by atoms with Crippen molar-refractivity contribution in [3.05, 3.63) is 47.5 Å². The van der Waals surface area contributed by atoms with Crippen LogP contribution in [0.4, 0.5) is 0 Å². The molecule has 2 rings (SSSR count). The Morgan fingerprint density at radius 1 is 0.638 bits per heavy atom. The summed E-state index contributed by atoms with van der Waals surface area (Å²) in [5, 5.41) is 2.97. The second-order valence-electron chi connectivity index (χ2n) is 11.3. The van der Waals surface area contributed by atoms with E-state index in [2.05, 4.69) is 33.0 Å². The summed E-state index contributed by atoms with van der Waals surface area (Å²) in [5.74, 6) is 0.807. The van der Waals surface area contributed by atoms with Gasteiger partial charge in [0.25, 0.3) is 11.8 Å². The third-order valence-corrected chi connectivity index (χ3v) is 7.41. The van der Waals surface area contributed by atoms with Gasteiger partial charge in [-0.2, -0.15) is 0 Å². The highest BCUT2D eigenvalue weighted by atomic mass is 16.5. The maximum absolute atomic E-state index is 13.8. The van der Waals surface area contributed by atoms with Gasteiger partial charge in [-0.15, -0.1) is 0 Å². The summed E-state index contributed by atoms with van der Waals surface area (Å²) in [6, 6.07) is 10.6. The minimum Gasteiger partial charge on any atom is -0.490 e. The molecular weight excluding hydrogens is 600 g/mol. The fraction of sp³-hybridized carbons (Fsp3) is 0.595. The molecule has 0 heterocycles. The van der Waals surface area contributed by atoms with Crippen LogP contribution in [0.2, 0.25) is 0 Å². The molecule has 0 saturated carbocycles. The minimum absolute atomic E-state index is 0.208. The molecule has 0 fully saturated rings. The first-order chi connectivity index (χ1) is 22.9.